The fourth-order valence-electron chi connectivity index (χ4n) is 2.69. The van der Waals surface area contributed by atoms with Crippen molar-refractivity contribution < 1.29 is 13.2 Å². The third kappa shape index (κ3) is 4.93. The summed E-state index contributed by atoms with van der Waals surface area (Å²) in [6, 6.07) is 12.8. The molecule has 0 bridgehead atoms. The van der Waals surface area contributed by atoms with Crippen LogP contribution in [0.3, 0.4) is 0 Å². The number of carbonyl (C=O) groups excluding carboxylic acids is 1. The monoisotopic (exact) mass is 345 g/mol. The quantitative estimate of drug-likeness (QED) is 0.904. The number of aryl methyl sites for hydroxylation is 2. The molecular weight excluding hydrogens is 322 g/mol. The maximum absolute atomic E-state index is 12.5. The maximum atomic E-state index is 12.5. The van der Waals surface area contributed by atoms with E-state index in [0.29, 0.717) is 11.1 Å². The molecule has 2 rings (SSSR count). The average molecular weight is 345 g/mol. The highest BCUT2D eigenvalue weighted by atomic mass is 32.2. The van der Waals surface area contributed by atoms with E-state index in [4.69, 9.17) is 0 Å². The van der Waals surface area contributed by atoms with Gasteiger partial charge in [-0.05, 0) is 49.6 Å². The number of nitrogens with one attached hydrogen (secondary N) is 1. The topological polar surface area (TPSA) is 63.2 Å². The van der Waals surface area contributed by atoms with E-state index in [1.54, 1.807) is 24.3 Å². The van der Waals surface area contributed by atoms with Gasteiger partial charge in [0.05, 0.1) is 11.8 Å². The molecule has 0 radical (unpaired) electrons. The van der Waals surface area contributed by atoms with Crippen molar-refractivity contribution >= 4 is 15.7 Å². The van der Waals surface area contributed by atoms with Gasteiger partial charge < -0.3 is 5.32 Å². The summed E-state index contributed by atoms with van der Waals surface area (Å²) in [4.78, 5) is 12.5. The summed E-state index contributed by atoms with van der Waals surface area (Å²) in [5.74, 6) is -0.278. The van der Waals surface area contributed by atoms with Gasteiger partial charge in [-0.15, -0.1) is 0 Å². The molecule has 0 aliphatic carbocycles. The second-order valence-corrected chi connectivity index (χ2v) is 8.47. The lowest BCUT2D eigenvalue weighted by molar-refractivity contribution is 0.0939. The fraction of sp³-hybridized carbons (Fsp3) is 0.316. The van der Waals surface area contributed by atoms with Gasteiger partial charge in [-0.2, -0.15) is 0 Å². The Bertz CT molecular complexity index is 857. The molecule has 128 valence electrons. The van der Waals surface area contributed by atoms with Crippen LogP contribution in [-0.4, -0.2) is 20.6 Å². The normalized spacial score (nSPS) is 12.7. The van der Waals surface area contributed by atoms with Crippen LogP contribution in [0, 0.1) is 13.8 Å². The van der Waals surface area contributed by atoms with Gasteiger partial charge in [-0.25, -0.2) is 8.42 Å². The molecule has 24 heavy (non-hydrogen) atoms. The molecule has 0 aromatic heterocycles. The molecule has 1 amide bonds. The van der Waals surface area contributed by atoms with Crippen LogP contribution in [0.4, 0.5) is 0 Å². The van der Waals surface area contributed by atoms with E-state index in [9.17, 15) is 13.2 Å². The maximum Gasteiger partial charge on any atom is 0.251 e. The minimum Gasteiger partial charge on any atom is -0.346 e. The highest BCUT2D eigenvalue weighted by Crippen LogP contribution is 2.19. The van der Waals surface area contributed by atoms with Crippen molar-refractivity contribution in [1.29, 1.82) is 0 Å². The molecule has 0 saturated heterocycles. The van der Waals surface area contributed by atoms with Crippen LogP contribution in [0.15, 0.2) is 42.5 Å². The first-order valence-corrected chi connectivity index (χ1v) is 9.86. The lowest BCUT2D eigenvalue weighted by Gasteiger charge is -2.17. The van der Waals surface area contributed by atoms with Crippen molar-refractivity contribution in [3.05, 3.63) is 70.3 Å². The van der Waals surface area contributed by atoms with E-state index in [2.05, 4.69) is 11.4 Å². The Labute approximate surface area is 143 Å². The van der Waals surface area contributed by atoms with Gasteiger partial charge in [0.2, 0.25) is 0 Å². The molecule has 0 aliphatic rings. The van der Waals surface area contributed by atoms with Crippen molar-refractivity contribution in [2.24, 2.45) is 0 Å². The summed E-state index contributed by atoms with van der Waals surface area (Å²) in [6.07, 6.45) is 1.18. The lowest BCUT2D eigenvalue weighted by Crippen LogP contribution is -2.27. The van der Waals surface area contributed by atoms with Crippen LogP contribution in [0.2, 0.25) is 0 Å². The fourth-order valence-corrected chi connectivity index (χ4v) is 3.47. The summed E-state index contributed by atoms with van der Waals surface area (Å²) in [6.45, 7) is 5.98. The molecule has 1 atom stereocenters. The number of carbonyl (C=O) groups is 1. The molecule has 0 saturated carbocycles. The zero-order valence-corrected chi connectivity index (χ0v) is 15.3. The molecule has 1 unspecified atom stereocenters. The Balaban J connectivity index is 2.17. The molecule has 2 aromatic rings. The van der Waals surface area contributed by atoms with Crippen LogP contribution in [0.5, 0.6) is 0 Å². The lowest BCUT2D eigenvalue weighted by atomic mass is 9.99. The Morgan fingerprint density at radius 1 is 1.12 bits per heavy atom. The zero-order valence-electron chi connectivity index (χ0n) is 14.5. The first-order chi connectivity index (χ1) is 11.2. The highest BCUT2D eigenvalue weighted by Gasteiger charge is 2.14. The molecule has 0 aliphatic heterocycles. The minimum atomic E-state index is -3.13. The zero-order chi connectivity index (χ0) is 17.9. The number of benzene rings is 2. The van der Waals surface area contributed by atoms with Gasteiger partial charge in [-0.3, -0.25) is 4.79 Å². The van der Waals surface area contributed by atoms with E-state index in [-0.39, 0.29) is 17.7 Å². The van der Waals surface area contributed by atoms with Crippen LogP contribution in [0.1, 0.15) is 45.6 Å². The second kappa shape index (κ2) is 7.18. The first kappa shape index (κ1) is 18.2. The van der Waals surface area contributed by atoms with Crippen molar-refractivity contribution in [3.63, 3.8) is 0 Å². The Morgan fingerprint density at radius 3 is 2.50 bits per heavy atom. The van der Waals surface area contributed by atoms with Crippen molar-refractivity contribution in [2.45, 2.75) is 32.6 Å². The minimum absolute atomic E-state index is 0.0688. The molecule has 0 fully saturated rings. The summed E-state index contributed by atoms with van der Waals surface area (Å²) in [5, 5.41) is 2.98. The Hall–Kier alpha value is -2.14. The number of hydrogen-bond acceptors (Lipinski definition) is 3. The number of hydrogen-bond donors (Lipinski definition) is 1. The van der Waals surface area contributed by atoms with E-state index in [1.807, 2.05) is 32.9 Å². The summed E-state index contributed by atoms with van der Waals surface area (Å²) >= 11 is 0. The van der Waals surface area contributed by atoms with Gasteiger partial charge in [0.15, 0.2) is 9.84 Å². The van der Waals surface area contributed by atoms with E-state index in [0.717, 1.165) is 16.7 Å². The van der Waals surface area contributed by atoms with Crippen molar-refractivity contribution in [1.82, 2.24) is 5.32 Å². The third-order valence-electron chi connectivity index (χ3n) is 3.87. The van der Waals surface area contributed by atoms with E-state index >= 15 is 0 Å². The Morgan fingerprint density at radius 2 is 1.83 bits per heavy atom. The van der Waals surface area contributed by atoms with E-state index in [1.165, 1.54) is 6.26 Å². The van der Waals surface area contributed by atoms with Gasteiger partial charge in [0.25, 0.3) is 5.91 Å². The van der Waals surface area contributed by atoms with Crippen LogP contribution in [-0.2, 0) is 15.6 Å². The molecule has 5 heteroatoms. The number of sulfone groups is 1. The third-order valence-corrected chi connectivity index (χ3v) is 4.72. The predicted molar refractivity (Wildman–Crippen MR) is 96.8 cm³/mol. The SMILES string of the molecule is Cc1ccc(C)c(C(C)NC(=O)c2cccc(CS(C)(=O)=O)c2)c1. The Kier molecular flexibility index (Phi) is 5.44. The molecule has 4 nitrogen and oxygen atoms in total. The predicted octanol–water partition coefficient (Wildman–Crippen LogP) is 3.34. The van der Waals surface area contributed by atoms with Crippen molar-refractivity contribution in [2.75, 3.05) is 6.26 Å². The molecule has 0 heterocycles. The number of rotatable bonds is 5. The average Bonchev–Trinajstić information content (AvgIpc) is 2.48. The molecular formula is C19H23NO3S. The molecule has 0 spiro atoms. The largest absolute Gasteiger partial charge is 0.346 e. The highest BCUT2D eigenvalue weighted by molar-refractivity contribution is 7.89. The first-order valence-electron chi connectivity index (χ1n) is 7.80. The van der Waals surface area contributed by atoms with Crippen molar-refractivity contribution in [3.8, 4) is 0 Å². The molecule has 2 aromatic carbocycles. The summed E-state index contributed by atoms with van der Waals surface area (Å²) in [5.41, 5.74) is 4.43. The summed E-state index contributed by atoms with van der Waals surface area (Å²) < 4.78 is 22.8. The number of amides is 1. The van der Waals surface area contributed by atoms with Gasteiger partial charge in [0, 0.05) is 11.8 Å². The standard InChI is InChI=1S/C19H23NO3S/c1-13-8-9-14(2)18(10-13)15(3)20-19(21)17-7-5-6-16(11-17)12-24(4,22)23/h5-11,15H,12H2,1-4H3,(H,20,21). The van der Waals surface area contributed by atoms with Crippen LogP contribution >= 0.6 is 0 Å². The van der Waals surface area contributed by atoms with E-state index < -0.39 is 9.84 Å². The van der Waals surface area contributed by atoms with Crippen LogP contribution < -0.4 is 5.32 Å². The molecule has 1 N–H and O–H groups in total. The summed E-state index contributed by atoms with van der Waals surface area (Å²) in [7, 11) is -3.13. The van der Waals surface area contributed by atoms with Crippen LogP contribution in [0.25, 0.3) is 0 Å². The smallest absolute Gasteiger partial charge is 0.251 e. The van der Waals surface area contributed by atoms with Gasteiger partial charge in [-0.1, -0.05) is 35.9 Å². The van der Waals surface area contributed by atoms with Gasteiger partial charge in [0.1, 0.15) is 0 Å². The second-order valence-electron chi connectivity index (χ2n) is 6.33. The van der Waals surface area contributed by atoms with Gasteiger partial charge >= 0.3 is 0 Å².